The van der Waals surface area contributed by atoms with Crippen LogP contribution in [0.2, 0.25) is 0 Å². The smallest absolute Gasteiger partial charge is 0.221 e. The lowest BCUT2D eigenvalue weighted by molar-refractivity contribution is -0.123. The number of primary amides is 1. The monoisotopic (exact) mass is 531 g/mol. The molecule has 1 amide bonds. The van der Waals surface area contributed by atoms with E-state index in [0.29, 0.717) is 13.2 Å². The molecule has 170 valence electrons. The van der Waals surface area contributed by atoms with Gasteiger partial charge in [-0.15, -0.1) is 24.0 Å². The molecule has 4 N–H and O–H groups in total. The summed E-state index contributed by atoms with van der Waals surface area (Å²) in [4.78, 5) is 18.5. The second kappa shape index (κ2) is 14.5. The Morgan fingerprint density at radius 1 is 1.33 bits per heavy atom. The van der Waals surface area contributed by atoms with Gasteiger partial charge in [0.15, 0.2) is 5.96 Å². The molecule has 1 aliphatic heterocycles. The Morgan fingerprint density at radius 2 is 2.13 bits per heavy atom. The molecule has 0 saturated carbocycles. The van der Waals surface area contributed by atoms with Crippen molar-refractivity contribution in [2.24, 2.45) is 16.6 Å². The van der Waals surface area contributed by atoms with Crippen LogP contribution in [0.3, 0.4) is 0 Å². The lowest BCUT2D eigenvalue weighted by Crippen LogP contribution is -2.43. The summed E-state index contributed by atoms with van der Waals surface area (Å²) in [6.45, 7) is 11.8. The third-order valence-electron chi connectivity index (χ3n) is 5.13. The summed E-state index contributed by atoms with van der Waals surface area (Å²) in [7, 11) is 0. The second-order valence-electron chi connectivity index (χ2n) is 7.56. The van der Waals surface area contributed by atoms with Crippen molar-refractivity contribution in [2.75, 3.05) is 39.3 Å². The summed E-state index contributed by atoms with van der Waals surface area (Å²) in [5.74, 6) is 1.55. The minimum atomic E-state index is -0.170. The number of ether oxygens (including phenoxy) is 1. The molecule has 0 spiro atoms. The van der Waals surface area contributed by atoms with Crippen molar-refractivity contribution in [3.8, 4) is 5.75 Å². The van der Waals surface area contributed by atoms with Crippen LogP contribution < -0.4 is 21.1 Å². The largest absolute Gasteiger partial charge is 0.494 e. The number of aryl methyl sites for hydroxylation is 1. The molecule has 1 aromatic carbocycles. The van der Waals surface area contributed by atoms with Gasteiger partial charge >= 0.3 is 0 Å². The van der Waals surface area contributed by atoms with E-state index in [1.807, 2.05) is 6.92 Å². The minimum Gasteiger partial charge on any atom is -0.494 e. The molecule has 1 unspecified atom stereocenters. The second-order valence-corrected chi connectivity index (χ2v) is 7.56. The van der Waals surface area contributed by atoms with Crippen LogP contribution in [0.15, 0.2) is 23.2 Å². The molecule has 1 saturated heterocycles. The molecule has 1 aliphatic rings. The van der Waals surface area contributed by atoms with Gasteiger partial charge in [-0.2, -0.15) is 0 Å². The molecule has 1 fully saturated rings. The number of amides is 1. The summed E-state index contributed by atoms with van der Waals surface area (Å²) in [5, 5.41) is 6.71. The van der Waals surface area contributed by atoms with E-state index in [9.17, 15) is 4.79 Å². The SMILES string of the molecule is CCNC(=NCc1ccc(C)cc1OCC)NCCCN1CCCC(C(N)=O)C1.I. The first-order valence-corrected chi connectivity index (χ1v) is 10.8. The summed E-state index contributed by atoms with van der Waals surface area (Å²) < 4.78 is 5.75. The zero-order valence-electron chi connectivity index (χ0n) is 18.6. The Hall–Kier alpha value is -1.55. The Kier molecular flexibility index (Phi) is 12.8. The van der Waals surface area contributed by atoms with Crippen LogP contribution in [0.1, 0.15) is 44.2 Å². The van der Waals surface area contributed by atoms with Crippen molar-refractivity contribution < 1.29 is 9.53 Å². The number of carbonyl (C=O) groups excluding carboxylic acids is 1. The van der Waals surface area contributed by atoms with Crippen molar-refractivity contribution >= 4 is 35.8 Å². The predicted molar refractivity (Wildman–Crippen MR) is 134 cm³/mol. The van der Waals surface area contributed by atoms with E-state index in [0.717, 1.165) is 69.3 Å². The third-order valence-corrected chi connectivity index (χ3v) is 5.13. The first kappa shape index (κ1) is 26.5. The number of nitrogens with two attached hydrogens (primary N) is 1. The van der Waals surface area contributed by atoms with Gasteiger partial charge in [-0.05, 0) is 64.8 Å². The van der Waals surface area contributed by atoms with Crippen LogP contribution in [0, 0.1) is 12.8 Å². The average molecular weight is 531 g/mol. The van der Waals surface area contributed by atoms with Gasteiger partial charge in [-0.25, -0.2) is 4.99 Å². The highest BCUT2D eigenvalue weighted by atomic mass is 127. The maximum atomic E-state index is 11.4. The molecule has 0 aliphatic carbocycles. The molecule has 1 aromatic rings. The first-order valence-electron chi connectivity index (χ1n) is 10.8. The number of hydrogen-bond donors (Lipinski definition) is 3. The Balaban J connectivity index is 0.00000450. The zero-order chi connectivity index (χ0) is 21.1. The van der Waals surface area contributed by atoms with Gasteiger partial charge in [-0.1, -0.05) is 12.1 Å². The minimum absolute atomic E-state index is 0. The molecule has 1 atom stereocenters. The van der Waals surface area contributed by atoms with Gasteiger partial charge in [0.1, 0.15) is 5.75 Å². The highest BCUT2D eigenvalue weighted by molar-refractivity contribution is 14.0. The number of carbonyl (C=O) groups is 1. The van der Waals surface area contributed by atoms with E-state index < -0.39 is 0 Å². The lowest BCUT2D eigenvalue weighted by Gasteiger charge is -2.31. The summed E-state index contributed by atoms with van der Waals surface area (Å²) in [6.07, 6.45) is 2.96. The fraction of sp³-hybridized carbons (Fsp3) is 0.636. The van der Waals surface area contributed by atoms with Crippen LogP contribution in [0.25, 0.3) is 0 Å². The first-order chi connectivity index (χ1) is 14.0. The Morgan fingerprint density at radius 3 is 2.83 bits per heavy atom. The molecule has 8 heteroatoms. The Labute approximate surface area is 198 Å². The molecule has 0 aromatic heterocycles. The van der Waals surface area contributed by atoms with E-state index in [2.05, 4.69) is 47.6 Å². The molecule has 1 heterocycles. The third kappa shape index (κ3) is 9.07. The number of nitrogens with one attached hydrogen (secondary N) is 2. The number of nitrogens with zero attached hydrogens (tertiary/aromatic N) is 2. The van der Waals surface area contributed by atoms with E-state index in [1.54, 1.807) is 0 Å². The van der Waals surface area contributed by atoms with Gasteiger partial charge in [0.05, 0.1) is 19.1 Å². The van der Waals surface area contributed by atoms with E-state index in [-0.39, 0.29) is 35.8 Å². The number of piperidine rings is 1. The molecule has 30 heavy (non-hydrogen) atoms. The van der Waals surface area contributed by atoms with Crippen molar-refractivity contribution in [1.29, 1.82) is 0 Å². The summed E-state index contributed by atoms with van der Waals surface area (Å²) in [6, 6.07) is 6.23. The number of halogens is 1. The number of benzene rings is 1. The maximum absolute atomic E-state index is 11.4. The fourth-order valence-corrected chi connectivity index (χ4v) is 3.59. The topological polar surface area (TPSA) is 92.0 Å². The van der Waals surface area contributed by atoms with Crippen molar-refractivity contribution in [3.63, 3.8) is 0 Å². The van der Waals surface area contributed by atoms with E-state index in [4.69, 9.17) is 15.5 Å². The van der Waals surface area contributed by atoms with Crippen LogP contribution in [-0.2, 0) is 11.3 Å². The lowest BCUT2D eigenvalue weighted by atomic mass is 9.97. The zero-order valence-corrected chi connectivity index (χ0v) is 20.9. The molecule has 0 radical (unpaired) electrons. The van der Waals surface area contributed by atoms with Gasteiger partial charge in [0.25, 0.3) is 0 Å². The highest BCUT2D eigenvalue weighted by Crippen LogP contribution is 2.21. The van der Waals surface area contributed by atoms with Gasteiger partial charge in [-0.3, -0.25) is 4.79 Å². The van der Waals surface area contributed by atoms with Crippen LogP contribution in [0.4, 0.5) is 0 Å². The molecular weight excluding hydrogens is 493 g/mol. The average Bonchev–Trinajstić information content (AvgIpc) is 2.70. The maximum Gasteiger partial charge on any atom is 0.221 e. The summed E-state index contributed by atoms with van der Waals surface area (Å²) >= 11 is 0. The van der Waals surface area contributed by atoms with E-state index in [1.165, 1.54) is 5.56 Å². The van der Waals surface area contributed by atoms with Crippen molar-refractivity contribution in [1.82, 2.24) is 15.5 Å². The van der Waals surface area contributed by atoms with Crippen LogP contribution in [0.5, 0.6) is 5.75 Å². The number of likely N-dealkylation sites (tertiary alicyclic amines) is 1. The molecule has 7 nitrogen and oxygen atoms in total. The predicted octanol–water partition coefficient (Wildman–Crippen LogP) is 2.65. The highest BCUT2D eigenvalue weighted by Gasteiger charge is 2.23. The fourth-order valence-electron chi connectivity index (χ4n) is 3.59. The molecule has 2 rings (SSSR count). The van der Waals surface area contributed by atoms with Gasteiger partial charge < -0.3 is 26.0 Å². The number of rotatable bonds is 10. The normalized spacial score (nSPS) is 17.2. The number of guanidine groups is 1. The van der Waals surface area contributed by atoms with Crippen LogP contribution in [-0.4, -0.2) is 56.1 Å². The Bertz CT molecular complexity index is 683. The number of hydrogen-bond acceptors (Lipinski definition) is 4. The quantitative estimate of drug-likeness (QED) is 0.187. The van der Waals surface area contributed by atoms with Crippen molar-refractivity contribution in [2.45, 2.75) is 46.6 Å². The number of aliphatic imine (C=N–C) groups is 1. The standard InChI is InChI=1S/C22H37N5O2.HI/c1-4-24-22(26-15-18-10-9-17(3)14-20(18)29-5-2)25-11-7-13-27-12-6-8-19(16-27)21(23)28;/h9-10,14,19H,4-8,11-13,15-16H2,1-3H3,(H2,23,28)(H2,24,25,26);1H. The van der Waals surface area contributed by atoms with Crippen LogP contribution >= 0.6 is 24.0 Å². The van der Waals surface area contributed by atoms with Gasteiger partial charge in [0, 0.05) is 25.2 Å². The van der Waals surface area contributed by atoms with Crippen molar-refractivity contribution in [3.05, 3.63) is 29.3 Å². The molecular formula is C22H38IN5O2. The van der Waals surface area contributed by atoms with E-state index >= 15 is 0 Å². The van der Waals surface area contributed by atoms with Gasteiger partial charge in [0.2, 0.25) is 5.91 Å². The molecule has 0 bridgehead atoms. The summed E-state index contributed by atoms with van der Waals surface area (Å²) in [5.41, 5.74) is 7.73.